The maximum absolute atomic E-state index is 3.59. The van der Waals surface area contributed by atoms with Gasteiger partial charge in [-0.05, 0) is 36.3 Å². The Morgan fingerprint density at radius 1 is 1.46 bits per heavy atom. The lowest BCUT2D eigenvalue weighted by molar-refractivity contribution is 1.33. The minimum absolute atomic E-state index is 1.21. The van der Waals surface area contributed by atoms with Gasteiger partial charge in [0, 0.05) is 19.5 Å². The summed E-state index contributed by atoms with van der Waals surface area (Å²) in [5.41, 5.74) is 1.35. The Bertz CT molecular complexity index is 445. The third-order valence-electron chi connectivity index (χ3n) is 2.10. The van der Waals surface area contributed by atoms with Gasteiger partial charge in [0.05, 0.1) is 0 Å². The van der Waals surface area contributed by atoms with Gasteiger partial charge in [0.25, 0.3) is 0 Å². The summed E-state index contributed by atoms with van der Waals surface area (Å²) in [6.45, 7) is 2.16. The second-order valence-corrected chi connectivity index (χ2v) is 5.47. The van der Waals surface area contributed by atoms with Crippen LogP contribution in [0.15, 0.2) is 26.9 Å². The fraction of sp³-hybridized carbons (Fsp3) is 0.200. The van der Waals surface area contributed by atoms with Crippen LogP contribution in [0.4, 0.5) is 0 Å². The Hall–Kier alpha value is 0.01000. The standard InChI is InChI=1S/C10H9BrS2/c1-6-8(11)5-9-7(3-4-13-9)10(6)12-2/h3-5H,1-2H3. The predicted molar refractivity (Wildman–Crippen MR) is 66.0 cm³/mol. The van der Waals surface area contributed by atoms with Gasteiger partial charge in [0.1, 0.15) is 0 Å². The van der Waals surface area contributed by atoms with E-state index in [0.29, 0.717) is 0 Å². The first kappa shape index (κ1) is 9.56. The molecule has 0 N–H and O–H groups in total. The van der Waals surface area contributed by atoms with E-state index in [1.54, 1.807) is 11.3 Å². The number of hydrogen-bond acceptors (Lipinski definition) is 2. The van der Waals surface area contributed by atoms with Crippen LogP contribution < -0.4 is 0 Å². The molecular weight excluding hydrogens is 264 g/mol. The summed E-state index contributed by atoms with van der Waals surface area (Å²) in [5, 5.41) is 3.54. The van der Waals surface area contributed by atoms with Crippen molar-refractivity contribution in [2.24, 2.45) is 0 Å². The second kappa shape index (κ2) is 3.64. The summed E-state index contributed by atoms with van der Waals surface area (Å²) in [6.07, 6.45) is 2.13. The average molecular weight is 273 g/mol. The SMILES string of the molecule is CSc1c(C)c(Br)cc2sccc12. The fourth-order valence-corrected chi connectivity index (χ4v) is 3.84. The molecule has 0 saturated heterocycles. The highest BCUT2D eigenvalue weighted by molar-refractivity contribution is 9.10. The van der Waals surface area contributed by atoms with Crippen molar-refractivity contribution in [2.75, 3.05) is 6.26 Å². The van der Waals surface area contributed by atoms with Crippen LogP contribution in [0.2, 0.25) is 0 Å². The van der Waals surface area contributed by atoms with E-state index in [-0.39, 0.29) is 0 Å². The van der Waals surface area contributed by atoms with E-state index >= 15 is 0 Å². The van der Waals surface area contributed by atoms with Gasteiger partial charge in [-0.3, -0.25) is 0 Å². The number of benzene rings is 1. The molecule has 68 valence electrons. The van der Waals surface area contributed by atoms with Gasteiger partial charge in [-0.2, -0.15) is 0 Å². The Balaban J connectivity index is 2.87. The molecule has 0 radical (unpaired) electrons. The lowest BCUT2D eigenvalue weighted by atomic mass is 10.2. The first-order valence-corrected chi connectivity index (χ1v) is 6.84. The van der Waals surface area contributed by atoms with Crippen LogP contribution in [0.1, 0.15) is 5.56 Å². The van der Waals surface area contributed by atoms with Crippen LogP contribution in [-0.2, 0) is 0 Å². The molecule has 0 aliphatic rings. The highest BCUT2D eigenvalue weighted by Crippen LogP contribution is 2.36. The molecule has 1 heterocycles. The van der Waals surface area contributed by atoms with E-state index in [2.05, 4.69) is 46.6 Å². The van der Waals surface area contributed by atoms with E-state index in [0.717, 1.165) is 0 Å². The van der Waals surface area contributed by atoms with E-state index in [1.165, 1.54) is 25.0 Å². The summed E-state index contributed by atoms with van der Waals surface area (Å²) in [7, 11) is 0. The van der Waals surface area contributed by atoms with Crippen LogP contribution in [0, 0.1) is 6.92 Å². The van der Waals surface area contributed by atoms with Gasteiger partial charge in [0.2, 0.25) is 0 Å². The molecular formula is C10H9BrS2. The molecule has 0 spiro atoms. The largest absolute Gasteiger partial charge is 0.144 e. The van der Waals surface area contributed by atoms with Gasteiger partial charge in [-0.15, -0.1) is 23.1 Å². The summed E-state index contributed by atoms with van der Waals surface area (Å²) in [5.74, 6) is 0. The van der Waals surface area contributed by atoms with Crippen molar-refractivity contribution >= 4 is 49.1 Å². The molecule has 0 aliphatic carbocycles. The van der Waals surface area contributed by atoms with Crippen molar-refractivity contribution < 1.29 is 0 Å². The summed E-state index contributed by atoms with van der Waals surface area (Å²) < 4.78 is 2.58. The first-order valence-electron chi connectivity index (χ1n) is 3.94. The molecule has 0 saturated carbocycles. The lowest BCUT2D eigenvalue weighted by Gasteiger charge is -2.06. The van der Waals surface area contributed by atoms with Crippen molar-refractivity contribution in [2.45, 2.75) is 11.8 Å². The van der Waals surface area contributed by atoms with Crippen LogP contribution in [-0.4, -0.2) is 6.26 Å². The molecule has 0 nitrogen and oxygen atoms in total. The average Bonchev–Trinajstić information content (AvgIpc) is 2.54. The van der Waals surface area contributed by atoms with Crippen LogP contribution in [0.5, 0.6) is 0 Å². The van der Waals surface area contributed by atoms with E-state index in [4.69, 9.17) is 0 Å². The van der Waals surface area contributed by atoms with E-state index in [1.807, 2.05) is 11.8 Å². The molecule has 0 atom stereocenters. The van der Waals surface area contributed by atoms with Crippen LogP contribution >= 0.6 is 39.0 Å². The third-order valence-corrected chi connectivity index (χ3v) is 4.72. The zero-order valence-corrected chi connectivity index (χ0v) is 10.6. The van der Waals surface area contributed by atoms with Crippen LogP contribution in [0.25, 0.3) is 10.1 Å². The van der Waals surface area contributed by atoms with Crippen molar-refractivity contribution in [3.8, 4) is 0 Å². The zero-order chi connectivity index (χ0) is 9.42. The molecule has 2 rings (SSSR count). The van der Waals surface area contributed by atoms with Gasteiger partial charge in [0.15, 0.2) is 0 Å². The van der Waals surface area contributed by atoms with Crippen molar-refractivity contribution in [1.82, 2.24) is 0 Å². The molecule has 0 unspecified atom stereocenters. The highest BCUT2D eigenvalue weighted by atomic mass is 79.9. The van der Waals surface area contributed by atoms with Gasteiger partial charge < -0.3 is 0 Å². The molecule has 1 aromatic carbocycles. The number of thioether (sulfide) groups is 1. The Kier molecular flexibility index (Phi) is 2.67. The molecule has 0 amide bonds. The normalized spacial score (nSPS) is 11.0. The topological polar surface area (TPSA) is 0 Å². The van der Waals surface area contributed by atoms with Gasteiger partial charge >= 0.3 is 0 Å². The fourth-order valence-electron chi connectivity index (χ4n) is 1.42. The summed E-state index contributed by atoms with van der Waals surface area (Å²) in [6, 6.07) is 4.40. The van der Waals surface area contributed by atoms with E-state index < -0.39 is 0 Å². The summed E-state index contributed by atoms with van der Waals surface area (Å²) >= 11 is 7.20. The third kappa shape index (κ3) is 1.53. The number of rotatable bonds is 1. The van der Waals surface area contributed by atoms with Crippen molar-refractivity contribution in [1.29, 1.82) is 0 Å². The minimum atomic E-state index is 1.21. The van der Waals surface area contributed by atoms with Crippen molar-refractivity contribution in [3.05, 3.63) is 27.5 Å². The number of fused-ring (bicyclic) bond motifs is 1. The smallest absolute Gasteiger partial charge is 0.0365 e. The first-order chi connectivity index (χ1) is 6.24. The lowest BCUT2D eigenvalue weighted by Crippen LogP contribution is -1.81. The maximum atomic E-state index is 3.59. The van der Waals surface area contributed by atoms with Gasteiger partial charge in [-0.1, -0.05) is 15.9 Å². The van der Waals surface area contributed by atoms with Gasteiger partial charge in [-0.25, -0.2) is 0 Å². The second-order valence-electron chi connectivity index (χ2n) is 2.85. The molecule has 2 aromatic rings. The zero-order valence-electron chi connectivity index (χ0n) is 7.43. The molecule has 13 heavy (non-hydrogen) atoms. The highest BCUT2D eigenvalue weighted by Gasteiger charge is 2.07. The van der Waals surface area contributed by atoms with Crippen molar-refractivity contribution in [3.63, 3.8) is 0 Å². The number of halogens is 1. The number of thiophene rings is 1. The minimum Gasteiger partial charge on any atom is -0.144 e. The molecule has 0 bridgehead atoms. The monoisotopic (exact) mass is 272 g/mol. The Morgan fingerprint density at radius 2 is 2.23 bits per heavy atom. The van der Waals surface area contributed by atoms with E-state index in [9.17, 15) is 0 Å². The Morgan fingerprint density at radius 3 is 2.92 bits per heavy atom. The van der Waals surface area contributed by atoms with Crippen LogP contribution in [0.3, 0.4) is 0 Å². The molecule has 1 aromatic heterocycles. The summed E-state index contributed by atoms with van der Waals surface area (Å²) in [4.78, 5) is 1.39. The Labute approximate surface area is 94.5 Å². The predicted octanol–water partition coefficient (Wildman–Crippen LogP) is 4.69. The number of hydrogen-bond donors (Lipinski definition) is 0. The molecule has 3 heteroatoms. The maximum Gasteiger partial charge on any atom is 0.0365 e. The molecule has 0 fully saturated rings. The molecule has 0 aliphatic heterocycles. The quantitative estimate of drug-likeness (QED) is 0.679.